The lowest BCUT2D eigenvalue weighted by Crippen LogP contribution is -2.22. The highest BCUT2D eigenvalue weighted by atomic mass is 32.2. The zero-order valence-corrected chi connectivity index (χ0v) is 18.4. The largest absolute Gasteiger partial charge is 0.507 e. The zero-order valence-electron chi connectivity index (χ0n) is 17.6. The van der Waals surface area contributed by atoms with Crippen LogP contribution >= 0.6 is 11.8 Å². The van der Waals surface area contributed by atoms with Crippen molar-refractivity contribution in [3.63, 3.8) is 0 Å². The second kappa shape index (κ2) is 9.02. The molecule has 2 heterocycles. The number of aliphatic hydroxyl groups is 1. The van der Waals surface area contributed by atoms with Crippen LogP contribution in [-0.4, -0.2) is 16.1 Å². The first-order chi connectivity index (χ1) is 16.1. The van der Waals surface area contributed by atoms with Crippen LogP contribution in [0.15, 0.2) is 99.1 Å². The van der Waals surface area contributed by atoms with Gasteiger partial charge >= 0.3 is 0 Å². The molecule has 1 aliphatic heterocycles. The van der Waals surface area contributed by atoms with Gasteiger partial charge in [-0.05, 0) is 53.6 Å². The Hall–Kier alpha value is -3.74. The van der Waals surface area contributed by atoms with Crippen LogP contribution in [0.4, 0.5) is 0 Å². The number of nitrogens with one attached hydrogen (secondary N) is 1. The van der Waals surface area contributed by atoms with Crippen LogP contribution in [0.1, 0.15) is 33.3 Å². The van der Waals surface area contributed by atoms with Crippen molar-refractivity contribution in [2.45, 2.75) is 17.5 Å². The third-order valence-corrected chi connectivity index (χ3v) is 6.61. The molecule has 0 bridgehead atoms. The molecule has 1 atom stereocenters. The van der Waals surface area contributed by atoms with Gasteiger partial charge in [0, 0.05) is 21.9 Å². The monoisotopic (exact) mass is 455 g/mol. The average Bonchev–Trinajstić information content (AvgIpc) is 3.43. The molecule has 4 aromatic rings. The molecule has 0 saturated carbocycles. The molecule has 164 valence electrons. The quantitative estimate of drug-likeness (QED) is 0.356. The zero-order chi connectivity index (χ0) is 22.8. The summed E-state index contributed by atoms with van der Waals surface area (Å²) in [6.45, 7) is 0.365. The molecule has 0 fully saturated rings. The molecule has 6 heteroatoms. The number of hydrogen-bond donors (Lipinski definition) is 3. The molecule has 0 aliphatic carbocycles. The van der Waals surface area contributed by atoms with Crippen molar-refractivity contribution in [2.24, 2.45) is 0 Å². The van der Waals surface area contributed by atoms with Gasteiger partial charge in [0.25, 0.3) is 5.91 Å². The molecule has 3 N–H and O–H groups in total. The van der Waals surface area contributed by atoms with Crippen LogP contribution in [-0.2, 0) is 6.54 Å². The second-order valence-corrected chi connectivity index (χ2v) is 8.81. The summed E-state index contributed by atoms with van der Waals surface area (Å²) in [6.07, 6.45) is 1.15. The lowest BCUT2D eigenvalue weighted by molar-refractivity contribution is 0.0948. The summed E-state index contributed by atoms with van der Waals surface area (Å²) in [4.78, 5) is 14.5. The van der Waals surface area contributed by atoms with E-state index in [1.165, 1.54) is 17.8 Å². The van der Waals surface area contributed by atoms with Crippen molar-refractivity contribution in [1.29, 1.82) is 0 Å². The maximum absolute atomic E-state index is 12.7. The highest BCUT2D eigenvalue weighted by Gasteiger charge is 2.26. The van der Waals surface area contributed by atoms with E-state index in [9.17, 15) is 15.0 Å². The van der Waals surface area contributed by atoms with E-state index >= 15 is 0 Å². The van der Waals surface area contributed by atoms with Crippen molar-refractivity contribution in [1.82, 2.24) is 5.32 Å². The number of aromatic hydroxyl groups is 1. The van der Waals surface area contributed by atoms with Crippen LogP contribution in [0.3, 0.4) is 0 Å². The van der Waals surface area contributed by atoms with Gasteiger partial charge in [0.15, 0.2) is 0 Å². The molecule has 1 amide bonds. The normalized spacial score (nSPS) is 16.0. The van der Waals surface area contributed by atoms with E-state index in [4.69, 9.17) is 4.42 Å². The highest BCUT2D eigenvalue weighted by molar-refractivity contribution is 8.03. The maximum atomic E-state index is 12.7. The Bertz CT molecular complexity index is 1340. The summed E-state index contributed by atoms with van der Waals surface area (Å²) >= 11 is 1.52. The number of carbonyl (C=O) groups is 1. The fourth-order valence-electron chi connectivity index (χ4n) is 3.71. The van der Waals surface area contributed by atoms with Gasteiger partial charge in [0.05, 0.1) is 5.56 Å². The van der Waals surface area contributed by atoms with E-state index in [1.807, 2.05) is 72.8 Å². The summed E-state index contributed by atoms with van der Waals surface area (Å²) in [7, 11) is 0. The van der Waals surface area contributed by atoms with E-state index in [0.717, 1.165) is 20.9 Å². The molecule has 1 aliphatic rings. The minimum absolute atomic E-state index is 0.0959. The number of phenols is 1. The number of fused-ring (bicyclic) bond motifs is 1. The SMILES string of the molecule is O=C(NCc1ccccc1)c1cc(-c2ccc(/C=C3\Sc4ccccc4C3O)o2)ccc1O. The molecule has 33 heavy (non-hydrogen) atoms. The molecule has 5 rings (SSSR count). The number of benzene rings is 3. The van der Waals surface area contributed by atoms with Crippen molar-refractivity contribution >= 4 is 23.7 Å². The summed E-state index contributed by atoms with van der Waals surface area (Å²) in [5, 5.41) is 23.6. The van der Waals surface area contributed by atoms with Gasteiger partial charge in [-0.25, -0.2) is 0 Å². The summed E-state index contributed by atoms with van der Waals surface area (Å²) in [5.41, 5.74) is 2.71. The first kappa shape index (κ1) is 21.1. The molecular formula is C27H21NO4S. The molecule has 1 unspecified atom stereocenters. The number of aliphatic hydroxyl groups excluding tert-OH is 1. The van der Waals surface area contributed by atoms with E-state index in [-0.39, 0.29) is 17.2 Å². The Balaban J connectivity index is 1.34. The van der Waals surface area contributed by atoms with Gasteiger partial charge < -0.3 is 19.9 Å². The molecule has 3 aromatic carbocycles. The standard InChI is InChI=1S/C27H21NO4S/c29-22-12-10-18(14-21(22)27(31)28-16-17-6-2-1-3-7-17)23-13-11-19(32-23)15-25-26(30)20-8-4-5-9-24(20)33-25/h1-15,26,29-30H,16H2,(H,28,31)/b25-15-. The number of hydrogen-bond acceptors (Lipinski definition) is 5. The number of amides is 1. The first-order valence-corrected chi connectivity index (χ1v) is 11.3. The number of furan rings is 1. The van der Waals surface area contributed by atoms with Crippen LogP contribution in [0.5, 0.6) is 5.75 Å². The summed E-state index contributed by atoms with van der Waals surface area (Å²) in [6, 6.07) is 25.8. The van der Waals surface area contributed by atoms with Gasteiger partial charge in [-0.3, -0.25) is 4.79 Å². The molecule has 0 spiro atoms. The van der Waals surface area contributed by atoms with E-state index in [0.29, 0.717) is 23.6 Å². The van der Waals surface area contributed by atoms with Gasteiger partial charge in [0.2, 0.25) is 0 Å². The highest BCUT2D eigenvalue weighted by Crippen LogP contribution is 2.47. The molecule has 0 saturated heterocycles. The predicted octanol–water partition coefficient (Wildman–Crippen LogP) is 5.76. The van der Waals surface area contributed by atoms with Gasteiger partial charge in [-0.15, -0.1) is 0 Å². The smallest absolute Gasteiger partial charge is 0.255 e. The number of thioether (sulfide) groups is 1. The lowest BCUT2D eigenvalue weighted by atomic mass is 10.1. The van der Waals surface area contributed by atoms with Gasteiger partial charge in [-0.1, -0.05) is 60.3 Å². The Labute approximate surface area is 195 Å². The van der Waals surface area contributed by atoms with Gasteiger partial charge in [0.1, 0.15) is 23.4 Å². The van der Waals surface area contributed by atoms with Gasteiger partial charge in [-0.2, -0.15) is 0 Å². The Morgan fingerprint density at radius 2 is 1.79 bits per heavy atom. The molecule has 5 nitrogen and oxygen atoms in total. The van der Waals surface area contributed by atoms with Crippen molar-refractivity contribution in [2.75, 3.05) is 0 Å². The number of rotatable bonds is 5. The lowest BCUT2D eigenvalue weighted by Gasteiger charge is -2.08. The number of carbonyl (C=O) groups excluding carboxylic acids is 1. The molecule has 0 radical (unpaired) electrons. The summed E-state index contributed by atoms with van der Waals surface area (Å²) < 4.78 is 5.97. The maximum Gasteiger partial charge on any atom is 0.255 e. The van der Waals surface area contributed by atoms with Crippen LogP contribution in [0.2, 0.25) is 0 Å². The minimum Gasteiger partial charge on any atom is -0.507 e. The van der Waals surface area contributed by atoms with Crippen molar-refractivity contribution < 1.29 is 19.4 Å². The minimum atomic E-state index is -0.673. The summed E-state index contributed by atoms with van der Waals surface area (Å²) in [5.74, 6) is 0.702. The van der Waals surface area contributed by atoms with Crippen molar-refractivity contribution in [3.8, 4) is 17.1 Å². The van der Waals surface area contributed by atoms with E-state index in [1.54, 1.807) is 12.1 Å². The van der Waals surface area contributed by atoms with Crippen LogP contribution in [0.25, 0.3) is 17.4 Å². The Kier molecular flexibility index (Phi) is 5.77. The first-order valence-electron chi connectivity index (χ1n) is 10.5. The second-order valence-electron chi connectivity index (χ2n) is 7.69. The van der Waals surface area contributed by atoms with Crippen molar-refractivity contribution in [3.05, 3.63) is 112 Å². The topological polar surface area (TPSA) is 82.7 Å². The fraction of sp³-hybridized carbons (Fsp3) is 0.0741. The predicted molar refractivity (Wildman–Crippen MR) is 129 cm³/mol. The fourth-order valence-corrected chi connectivity index (χ4v) is 4.83. The average molecular weight is 456 g/mol. The molecule has 1 aromatic heterocycles. The third kappa shape index (κ3) is 4.44. The van der Waals surface area contributed by atoms with Crippen LogP contribution in [0, 0.1) is 0 Å². The third-order valence-electron chi connectivity index (χ3n) is 5.44. The molecular weight excluding hydrogens is 434 g/mol. The van der Waals surface area contributed by atoms with E-state index in [2.05, 4.69) is 5.32 Å². The Morgan fingerprint density at radius 3 is 2.61 bits per heavy atom. The Morgan fingerprint density at radius 1 is 1.00 bits per heavy atom. The number of phenolic OH excluding ortho intramolecular Hbond substituents is 1. The van der Waals surface area contributed by atoms with Crippen LogP contribution < -0.4 is 5.32 Å². The van der Waals surface area contributed by atoms with E-state index < -0.39 is 6.10 Å².